The van der Waals surface area contributed by atoms with Crippen LogP contribution in [0.5, 0.6) is 0 Å². The van der Waals surface area contributed by atoms with Crippen LogP contribution < -0.4 is 4.90 Å². The van der Waals surface area contributed by atoms with Gasteiger partial charge in [-0.05, 0) is 6.92 Å². The standard InChI is InChI=1S/C10H13N5O/c1-6-4-15-9(16)7-8(13(2)5-11-7)14(3)10(15)12-6/h4-5,7-8H,1-3H3. The van der Waals surface area contributed by atoms with E-state index in [1.165, 1.54) is 0 Å². The van der Waals surface area contributed by atoms with E-state index in [0.29, 0.717) is 5.95 Å². The number of aromatic nitrogens is 2. The van der Waals surface area contributed by atoms with Gasteiger partial charge in [0.15, 0.2) is 6.04 Å². The van der Waals surface area contributed by atoms with Crippen LogP contribution >= 0.6 is 0 Å². The van der Waals surface area contributed by atoms with E-state index in [1.807, 2.05) is 30.8 Å². The maximum atomic E-state index is 12.2. The fourth-order valence-electron chi connectivity index (χ4n) is 2.38. The molecule has 1 aromatic rings. The number of rotatable bonds is 0. The Morgan fingerprint density at radius 1 is 1.38 bits per heavy atom. The van der Waals surface area contributed by atoms with Gasteiger partial charge < -0.3 is 9.80 Å². The molecule has 0 saturated heterocycles. The summed E-state index contributed by atoms with van der Waals surface area (Å²) in [6.07, 6.45) is 3.43. The van der Waals surface area contributed by atoms with Crippen LogP contribution in [0.3, 0.4) is 0 Å². The van der Waals surface area contributed by atoms with Crippen LogP contribution in [0, 0.1) is 6.92 Å². The zero-order valence-corrected chi connectivity index (χ0v) is 9.45. The predicted molar refractivity (Wildman–Crippen MR) is 59.8 cm³/mol. The van der Waals surface area contributed by atoms with Gasteiger partial charge >= 0.3 is 0 Å². The Hall–Kier alpha value is -1.85. The molecule has 2 aliphatic heterocycles. The number of carbonyl (C=O) groups excluding carboxylic acids is 1. The molecule has 0 N–H and O–H groups in total. The fraction of sp³-hybridized carbons (Fsp3) is 0.500. The summed E-state index contributed by atoms with van der Waals surface area (Å²) in [7, 11) is 3.86. The highest BCUT2D eigenvalue weighted by Gasteiger charge is 2.44. The van der Waals surface area contributed by atoms with Gasteiger partial charge in [0.25, 0.3) is 5.91 Å². The van der Waals surface area contributed by atoms with Gasteiger partial charge in [0, 0.05) is 20.3 Å². The summed E-state index contributed by atoms with van der Waals surface area (Å²) in [5.74, 6) is 0.695. The number of nitrogens with zero attached hydrogens (tertiary/aromatic N) is 5. The minimum Gasteiger partial charge on any atom is -0.343 e. The highest BCUT2D eigenvalue weighted by atomic mass is 16.2. The topological polar surface area (TPSA) is 53.7 Å². The lowest BCUT2D eigenvalue weighted by molar-refractivity contribution is 0.0835. The molecule has 2 unspecified atom stereocenters. The normalized spacial score (nSPS) is 27.3. The van der Waals surface area contributed by atoms with Crippen molar-refractivity contribution >= 4 is 18.2 Å². The first-order valence-electron chi connectivity index (χ1n) is 5.18. The number of hydrogen-bond acceptors (Lipinski definition) is 5. The molecule has 0 aromatic carbocycles. The maximum Gasteiger partial charge on any atom is 0.262 e. The quantitative estimate of drug-likeness (QED) is 0.614. The minimum absolute atomic E-state index is 0.000648. The molecule has 3 heterocycles. The number of aliphatic imine (C=N–C) groups is 1. The molecular formula is C10H13N5O. The molecule has 6 nitrogen and oxygen atoms in total. The lowest BCUT2D eigenvalue weighted by atomic mass is 10.1. The van der Waals surface area contributed by atoms with Crippen LogP contribution in [0.4, 0.5) is 5.95 Å². The van der Waals surface area contributed by atoms with Gasteiger partial charge in [-0.1, -0.05) is 0 Å². The maximum absolute atomic E-state index is 12.2. The summed E-state index contributed by atoms with van der Waals surface area (Å²) in [5, 5.41) is 0. The second-order valence-corrected chi connectivity index (χ2v) is 4.29. The van der Waals surface area contributed by atoms with Gasteiger partial charge in [0.1, 0.15) is 6.17 Å². The SMILES string of the molecule is Cc1cn2c(n1)N(C)C1C(N=CN1C)C2=O. The van der Waals surface area contributed by atoms with Crippen molar-refractivity contribution in [2.24, 2.45) is 4.99 Å². The molecule has 2 atom stereocenters. The van der Waals surface area contributed by atoms with E-state index in [2.05, 4.69) is 9.98 Å². The zero-order chi connectivity index (χ0) is 11.4. The lowest BCUT2D eigenvalue weighted by Crippen LogP contribution is -2.55. The Kier molecular flexibility index (Phi) is 1.66. The van der Waals surface area contributed by atoms with E-state index in [1.54, 1.807) is 17.1 Å². The fourth-order valence-corrected chi connectivity index (χ4v) is 2.38. The first-order valence-corrected chi connectivity index (χ1v) is 5.18. The summed E-state index contributed by atoms with van der Waals surface area (Å²) < 4.78 is 1.59. The molecule has 6 heteroatoms. The van der Waals surface area contributed by atoms with Crippen molar-refractivity contribution < 1.29 is 4.79 Å². The third-order valence-electron chi connectivity index (χ3n) is 3.12. The van der Waals surface area contributed by atoms with Crippen molar-refractivity contribution in [3.05, 3.63) is 11.9 Å². The smallest absolute Gasteiger partial charge is 0.262 e. The van der Waals surface area contributed by atoms with Crippen molar-refractivity contribution in [1.82, 2.24) is 14.5 Å². The average Bonchev–Trinajstić information content (AvgIpc) is 2.79. The van der Waals surface area contributed by atoms with Gasteiger partial charge in [-0.2, -0.15) is 0 Å². The number of likely N-dealkylation sites (N-methyl/N-ethyl adjacent to an activating group) is 2. The predicted octanol–water partition coefficient (Wildman–Crippen LogP) is -0.0501. The third-order valence-corrected chi connectivity index (χ3v) is 3.12. The number of hydrogen-bond donors (Lipinski definition) is 0. The Bertz CT molecular complexity index is 491. The summed E-state index contributed by atoms with van der Waals surface area (Å²) in [4.78, 5) is 24.7. The van der Waals surface area contributed by atoms with Gasteiger partial charge in [-0.3, -0.25) is 14.4 Å². The Balaban J connectivity index is 2.15. The number of anilines is 1. The molecule has 0 saturated carbocycles. The lowest BCUT2D eigenvalue weighted by Gasteiger charge is -2.37. The highest BCUT2D eigenvalue weighted by molar-refractivity contribution is 5.92. The molecule has 0 bridgehead atoms. The van der Waals surface area contributed by atoms with E-state index in [0.717, 1.165) is 5.69 Å². The van der Waals surface area contributed by atoms with Crippen LogP contribution in [-0.2, 0) is 0 Å². The second-order valence-electron chi connectivity index (χ2n) is 4.29. The molecular weight excluding hydrogens is 206 g/mol. The highest BCUT2D eigenvalue weighted by Crippen LogP contribution is 2.28. The number of carbonyl (C=O) groups is 1. The number of aryl methyl sites for hydroxylation is 1. The molecule has 3 rings (SSSR count). The number of fused-ring (bicyclic) bond motifs is 2. The average molecular weight is 219 g/mol. The third kappa shape index (κ3) is 0.986. The minimum atomic E-state index is -0.337. The number of imidazole rings is 1. The molecule has 2 aliphatic rings. The Morgan fingerprint density at radius 2 is 2.12 bits per heavy atom. The molecule has 0 aliphatic carbocycles. The summed E-state index contributed by atoms with van der Waals surface area (Å²) in [6, 6.07) is -0.337. The van der Waals surface area contributed by atoms with Crippen LogP contribution in [0.25, 0.3) is 0 Å². The van der Waals surface area contributed by atoms with Crippen LogP contribution in [-0.4, -0.2) is 53.0 Å². The Morgan fingerprint density at radius 3 is 2.88 bits per heavy atom. The molecule has 0 fully saturated rings. The van der Waals surface area contributed by atoms with Crippen LogP contribution in [0.15, 0.2) is 11.2 Å². The molecule has 0 amide bonds. The first kappa shape index (κ1) is 9.38. The van der Waals surface area contributed by atoms with E-state index >= 15 is 0 Å². The van der Waals surface area contributed by atoms with E-state index < -0.39 is 0 Å². The monoisotopic (exact) mass is 219 g/mol. The van der Waals surface area contributed by atoms with Gasteiger partial charge in [0.2, 0.25) is 5.95 Å². The summed E-state index contributed by atoms with van der Waals surface area (Å²) in [6.45, 7) is 1.88. The van der Waals surface area contributed by atoms with Crippen LogP contribution in [0.1, 0.15) is 10.5 Å². The molecule has 1 aromatic heterocycles. The van der Waals surface area contributed by atoms with E-state index in [9.17, 15) is 4.79 Å². The van der Waals surface area contributed by atoms with Crippen molar-refractivity contribution in [1.29, 1.82) is 0 Å². The summed E-state index contributed by atoms with van der Waals surface area (Å²) in [5.41, 5.74) is 0.849. The van der Waals surface area contributed by atoms with E-state index in [-0.39, 0.29) is 18.1 Å². The zero-order valence-electron chi connectivity index (χ0n) is 9.45. The van der Waals surface area contributed by atoms with Crippen molar-refractivity contribution in [2.45, 2.75) is 19.1 Å². The van der Waals surface area contributed by atoms with Crippen molar-refractivity contribution in [3.63, 3.8) is 0 Å². The van der Waals surface area contributed by atoms with Gasteiger partial charge in [0.05, 0.1) is 12.0 Å². The molecule has 16 heavy (non-hydrogen) atoms. The molecule has 84 valence electrons. The molecule has 0 radical (unpaired) electrons. The van der Waals surface area contributed by atoms with Crippen LogP contribution in [0.2, 0.25) is 0 Å². The van der Waals surface area contributed by atoms with E-state index in [4.69, 9.17) is 0 Å². The molecule has 0 spiro atoms. The first-order chi connectivity index (χ1) is 7.59. The van der Waals surface area contributed by atoms with Crippen molar-refractivity contribution in [3.8, 4) is 0 Å². The Labute approximate surface area is 93.2 Å². The van der Waals surface area contributed by atoms with Gasteiger partial charge in [-0.15, -0.1) is 0 Å². The van der Waals surface area contributed by atoms with Crippen molar-refractivity contribution in [2.75, 3.05) is 19.0 Å². The summed E-state index contributed by atoms with van der Waals surface area (Å²) >= 11 is 0. The largest absolute Gasteiger partial charge is 0.343 e. The van der Waals surface area contributed by atoms with Gasteiger partial charge in [-0.25, -0.2) is 4.98 Å². The second kappa shape index (κ2) is 2.84.